The van der Waals surface area contributed by atoms with Crippen LogP contribution in [0.4, 0.5) is 0 Å². The molecule has 0 aliphatic carbocycles. The standard InChI is InChI=1S/C8H12ClN/c1-2-5-10-6-3-8(9)4-7-10/h2-3H,1,4-7H2. The zero-order valence-electron chi connectivity index (χ0n) is 6.02. The summed E-state index contributed by atoms with van der Waals surface area (Å²) in [6, 6.07) is 0. The molecule has 0 spiro atoms. The summed E-state index contributed by atoms with van der Waals surface area (Å²) < 4.78 is 0. The molecule has 0 aromatic carbocycles. The average Bonchev–Trinajstić information content (AvgIpc) is 1.95. The van der Waals surface area contributed by atoms with Crippen LogP contribution in [0.2, 0.25) is 0 Å². The predicted octanol–water partition coefficient (Wildman–Crippen LogP) is 2.00. The molecular formula is C8H12ClN. The third-order valence-corrected chi connectivity index (χ3v) is 1.97. The topological polar surface area (TPSA) is 3.24 Å². The van der Waals surface area contributed by atoms with Crippen molar-refractivity contribution in [1.29, 1.82) is 0 Å². The van der Waals surface area contributed by atoms with Gasteiger partial charge >= 0.3 is 0 Å². The maximum absolute atomic E-state index is 5.79. The number of hydrogen-bond acceptors (Lipinski definition) is 1. The van der Waals surface area contributed by atoms with E-state index in [0.717, 1.165) is 31.1 Å². The van der Waals surface area contributed by atoms with Gasteiger partial charge in [0.05, 0.1) is 0 Å². The van der Waals surface area contributed by atoms with E-state index in [-0.39, 0.29) is 0 Å². The Bertz CT molecular complexity index is 151. The largest absolute Gasteiger partial charge is 0.296 e. The highest BCUT2D eigenvalue weighted by molar-refractivity contribution is 6.29. The lowest BCUT2D eigenvalue weighted by Gasteiger charge is -2.22. The first-order valence-electron chi connectivity index (χ1n) is 3.50. The molecule has 2 heteroatoms. The van der Waals surface area contributed by atoms with Gasteiger partial charge in [0.2, 0.25) is 0 Å². The zero-order valence-corrected chi connectivity index (χ0v) is 6.77. The normalized spacial score (nSPS) is 20.3. The van der Waals surface area contributed by atoms with Gasteiger partial charge in [-0.05, 0) is 6.42 Å². The summed E-state index contributed by atoms with van der Waals surface area (Å²) in [4.78, 5) is 2.30. The van der Waals surface area contributed by atoms with Crippen molar-refractivity contribution < 1.29 is 0 Å². The summed E-state index contributed by atoms with van der Waals surface area (Å²) in [6.07, 6.45) is 4.98. The van der Waals surface area contributed by atoms with Gasteiger partial charge in [-0.25, -0.2) is 0 Å². The number of hydrogen-bond donors (Lipinski definition) is 0. The van der Waals surface area contributed by atoms with Gasteiger partial charge in [-0.2, -0.15) is 0 Å². The molecule has 0 aromatic heterocycles. The van der Waals surface area contributed by atoms with E-state index in [1.54, 1.807) is 0 Å². The molecule has 1 nitrogen and oxygen atoms in total. The van der Waals surface area contributed by atoms with Crippen LogP contribution in [0.1, 0.15) is 6.42 Å². The first-order chi connectivity index (χ1) is 4.83. The summed E-state index contributed by atoms with van der Waals surface area (Å²) in [5.74, 6) is 0. The Balaban J connectivity index is 2.34. The molecule has 1 rings (SSSR count). The van der Waals surface area contributed by atoms with Crippen molar-refractivity contribution in [3.8, 4) is 0 Å². The van der Waals surface area contributed by atoms with Crippen LogP contribution >= 0.6 is 11.6 Å². The van der Waals surface area contributed by atoms with Crippen LogP contribution in [0.5, 0.6) is 0 Å². The summed E-state index contributed by atoms with van der Waals surface area (Å²) >= 11 is 5.79. The predicted molar refractivity (Wildman–Crippen MR) is 45.2 cm³/mol. The van der Waals surface area contributed by atoms with E-state index < -0.39 is 0 Å². The maximum Gasteiger partial charge on any atom is 0.0180 e. The lowest BCUT2D eigenvalue weighted by molar-refractivity contribution is 0.329. The Morgan fingerprint density at radius 3 is 3.10 bits per heavy atom. The smallest absolute Gasteiger partial charge is 0.0180 e. The molecule has 0 fully saturated rings. The molecule has 0 N–H and O–H groups in total. The van der Waals surface area contributed by atoms with E-state index in [1.807, 2.05) is 6.08 Å². The van der Waals surface area contributed by atoms with Crippen molar-refractivity contribution in [2.24, 2.45) is 0 Å². The Kier molecular flexibility index (Phi) is 2.97. The molecule has 0 amide bonds. The van der Waals surface area contributed by atoms with Gasteiger partial charge in [0.25, 0.3) is 0 Å². The molecule has 10 heavy (non-hydrogen) atoms. The Morgan fingerprint density at radius 2 is 2.60 bits per heavy atom. The fourth-order valence-corrected chi connectivity index (χ4v) is 1.19. The summed E-state index contributed by atoms with van der Waals surface area (Å²) in [6.45, 7) is 6.70. The van der Waals surface area contributed by atoms with Gasteiger partial charge in [-0.3, -0.25) is 4.90 Å². The SMILES string of the molecule is C=CCN1CC=C(Cl)CC1. The van der Waals surface area contributed by atoms with Gasteiger partial charge in [0, 0.05) is 24.7 Å². The lowest BCUT2D eigenvalue weighted by atomic mass is 10.2. The molecule has 0 atom stereocenters. The van der Waals surface area contributed by atoms with Crippen molar-refractivity contribution in [2.75, 3.05) is 19.6 Å². The highest BCUT2D eigenvalue weighted by Gasteiger charge is 2.07. The second-order valence-electron chi connectivity index (χ2n) is 2.45. The molecule has 0 saturated heterocycles. The van der Waals surface area contributed by atoms with E-state index in [2.05, 4.69) is 17.6 Å². The minimum atomic E-state index is 0.973. The third-order valence-electron chi connectivity index (χ3n) is 1.63. The molecular weight excluding hydrogens is 146 g/mol. The Labute approximate surface area is 67.0 Å². The zero-order chi connectivity index (χ0) is 7.40. The van der Waals surface area contributed by atoms with Crippen LogP contribution in [0, 0.1) is 0 Å². The fourth-order valence-electron chi connectivity index (χ4n) is 1.03. The third kappa shape index (κ3) is 2.16. The van der Waals surface area contributed by atoms with E-state index >= 15 is 0 Å². The number of nitrogens with zero attached hydrogens (tertiary/aromatic N) is 1. The van der Waals surface area contributed by atoms with Gasteiger partial charge < -0.3 is 0 Å². The van der Waals surface area contributed by atoms with Crippen molar-refractivity contribution in [3.05, 3.63) is 23.8 Å². The van der Waals surface area contributed by atoms with E-state index in [9.17, 15) is 0 Å². The van der Waals surface area contributed by atoms with Gasteiger partial charge in [-0.15, -0.1) is 6.58 Å². The first-order valence-corrected chi connectivity index (χ1v) is 3.88. The van der Waals surface area contributed by atoms with Crippen LogP contribution < -0.4 is 0 Å². The fraction of sp³-hybridized carbons (Fsp3) is 0.500. The molecule has 56 valence electrons. The lowest BCUT2D eigenvalue weighted by Crippen LogP contribution is -2.27. The van der Waals surface area contributed by atoms with Crippen molar-refractivity contribution >= 4 is 11.6 Å². The van der Waals surface area contributed by atoms with Crippen molar-refractivity contribution in [3.63, 3.8) is 0 Å². The van der Waals surface area contributed by atoms with Gasteiger partial charge in [-0.1, -0.05) is 23.8 Å². The summed E-state index contributed by atoms with van der Waals surface area (Å²) in [5.41, 5.74) is 0. The molecule has 0 bridgehead atoms. The van der Waals surface area contributed by atoms with Gasteiger partial charge in [0.15, 0.2) is 0 Å². The maximum atomic E-state index is 5.79. The monoisotopic (exact) mass is 157 g/mol. The van der Waals surface area contributed by atoms with E-state index in [1.165, 1.54) is 0 Å². The Morgan fingerprint density at radius 1 is 1.80 bits per heavy atom. The first kappa shape index (κ1) is 7.83. The summed E-state index contributed by atoms with van der Waals surface area (Å²) in [5, 5.41) is 1.00. The van der Waals surface area contributed by atoms with E-state index in [4.69, 9.17) is 11.6 Å². The molecule has 0 aromatic rings. The van der Waals surface area contributed by atoms with Crippen LogP contribution in [-0.4, -0.2) is 24.5 Å². The van der Waals surface area contributed by atoms with E-state index in [0.29, 0.717) is 0 Å². The number of halogens is 1. The molecule has 0 unspecified atom stereocenters. The minimum Gasteiger partial charge on any atom is -0.296 e. The molecule has 1 heterocycles. The van der Waals surface area contributed by atoms with Crippen LogP contribution in [0.15, 0.2) is 23.8 Å². The summed E-state index contributed by atoms with van der Waals surface area (Å²) in [7, 11) is 0. The molecule has 1 aliphatic rings. The quantitative estimate of drug-likeness (QED) is 0.555. The average molecular weight is 158 g/mol. The highest BCUT2D eigenvalue weighted by atomic mass is 35.5. The molecule has 1 aliphatic heterocycles. The van der Waals surface area contributed by atoms with Crippen LogP contribution in [0.25, 0.3) is 0 Å². The molecule has 0 radical (unpaired) electrons. The second kappa shape index (κ2) is 3.79. The van der Waals surface area contributed by atoms with Crippen LogP contribution in [0.3, 0.4) is 0 Å². The Hall–Kier alpha value is -0.270. The van der Waals surface area contributed by atoms with Crippen molar-refractivity contribution in [2.45, 2.75) is 6.42 Å². The molecule has 0 saturated carbocycles. The van der Waals surface area contributed by atoms with Gasteiger partial charge in [0.1, 0.15) is 0 Å². The highest BCUT2D eigenvalue weighted by Crippen LogP contribution is 2.13. The second-order valence-corrected chi connectivity index (χ2v) is 2.93. The number of rotatable bonds is 2. The van der Waals surface area contributed by atoms with Crippen molar-refractivity contribution in [1.82, 2.24) is 4.90 Å². The van der Waals surface area contributed by atoms with Crippen LogP contribution in [-0.2, 0) is 0 Å². The minimum absolute atomic E-state index is 0.973.